The maximum absolute atomic E-state index is 10.9. The summed E-state index contributed by atoms with van der Waals surface area (Å²) in [4.78, 5) is 24.3. The first-order valence-corrected chi connectivity index (χ1v) is 3.01. The maximum Gasteiger partial charge on any atom is 0.343 e. The van der Waals surface area contributed by atoms with Crippen molar-refractivity contribution in [2.75, 3.05) is 7.11 Å². The molecule has 0 saturated heterocycles. The van der Waals surface area contributed by atoms with Gasteiger partial charge in [-0.1, -0.05) is 0 Å². The molecule has 0 fully saturated rings. The highest BCUT2D eigenvalue weighted by Crippen LogP contribution is 1.89. The minimum absolute atomic E-state index is 0.0231. The topological polar surface area (TPSA) is 59.2 Å². The van der Waals surface area contributed by atoms with Gasteiger partial charge in [0.15, 0.2) is 5.43 Å². The van der Waals surface area contributed by atoms with E-state index in [0.29, 0.717) is 0 Å². The van der Waals surface area contributed by atoms with Gasteiger partial charge in [-0.3, -0.25) is 4.79 Å². The zero-order valence-corrected chi connectivity index (χ0v) is 5.96. The van der Waals surface area contributed by atoms with Crippen molar-refractivity contribution in [1.29, 1.82) is 0 Å². The number of rotatable bonds is 1. The first kappa shape index (κ1) is 7.53. The lowest BCUT2D eigenvalue weighted by Crippen LogP contribution is -2.14. The Morgan fingerprint density at radius 2 is 2.36 bits per heavy atom. The lowest BCUT2D eigenvalue weighted by atomic mass is 10.3. The summed E-state index contributed by atoms with van der Waals surface area (Å²) < 4.78 is 4.36. The lowest BCUT2D eigenvalue weighted by Gasteiger charge is -1.94. The van der Waals surface area contributed by atoms with Crippen molar-refractivity contribution in [3.8, 4) is 0 Å². The first-order chi connectivity index (χ1) is 5.25. The van der Waals surface area contributed by atoms with Gasteiger partial charge in [-0.05, 0) is 0 Å². The SMILES string of the molecule is COC(=O)c1c[nH]ccc1=O. The van der Waals surface area contributed by atoms with Crippen molar-refractivity contribution in [3.63, 3.8) is 0 Å². The van der Waals surface area contributed by atoms with E-state index in [9.17, 15) is 9.59 Å². The minimum Gasteiger partial charge on any atom is -0.465 e. The molecule has 0 radical (unpaired) electrons. The molecule has 1 rings (SSSR count). The summed E-state index contributed by atoms with van der Waals surface area (Å²) in [5, 5.41) is 0. The number of hydrogen-bond donors (Lipinski definition) is 1. The number of carbonyl (C=O) groups excluding carboxylic acids is 1. The van der Waals surface area contributed by atoms with E-state index < -0.39 is 5.97 Å². The average Bonchev–Trinajstić information content (AvgIpc) is 2.04. The third-order valence-corrected chi connectivity index (χ3v) is 1.23. The molecule has 0 aliphatic carbocycles. The van der Waals surface area contributed by atoms with E-state index in [0.717, 1.165) is 0 Å². The highest BCUT2D eigenvalue weighted by atomic mass is 16.5. The number of nitrogens with one attached hydrogen (secondary N) is 1. The van der Waals surface area contributed by atoms with Gasteiger partial charge in [-0.15, -0.1) is 0 Å². The second-order valence-electron chi connectivity index (χ2n) is 1.91. The Bertz CT molecular complexity index is 315. The number of hydrogen-bond acceptors (Lipinski definition) is 3. The highest BCUT2D eigenvalue weighted by Gasteiger charge is 2.07. The van der Waals surface area contributed by atoms with Gasteiger partial charge in [0.25, 0.3) is 0 Å². The summed E-state index contributed by atoms with van der Waals surface area (Å²) in [5.41, 5.74) is -0.314. The molecule has 0 unspecified atom stereocenters. The smallest absolute Gasteiger partial charge is 0.343 e. The van der Waals surface area contributed by atoms with E-state index >= 15 is 0 Å². The summed E-state index contributed by atoms with van der Waals surface area (Å²) in [7, 11) is 1.23. The Balaban J connectivity index is 3.14. The molecule has 4 heteroatoms. The Kier molecular flexibility index (Phi) is 2.06. The largest absolute Gasteiger partial charge is 0.465 e. The number of aromatic amines is 1. The van der Waals surface area contributed by atoms with Gasteiger partial charge in [0.2, 0.25) is 0 Å². The van der Waals surface area contributed by atoms with E-state index in [1.165, 1.54) is 25.6 Å². The van der Waals surface area contributed by atoms with Crippen LogP contribution in [0.1, 0.15) is 10.4 Å². The zero-order chi connectivity index (χ0) is 8.27. The van der Waals surface area contributed by atoms with Gasteiger partial charge >= 0.3 is 5.97 Å². The fraction of sp³-hybridized carbons (Fsp3) is 0.143. The molecular weight excluding hydrogens is 146 g/mol. The molecule has 0 bridgehead atoms. The normalized spacial score (nSPS) is 9.18. The number of esters is 1. The quantitative estimate of drug-likeness (QED) is 0.584. The molecule has 0 aromatic carbocycles. The van der Waals surface area contributed by atoms with E-state index in [1.54, 1.807) is 0 Å². The maximum atomic E-state index is 10.9. The van der Waals surface area contributed by atoms with Crippen LogP contribution in [0.2, 0.25) is 0 Å². The van der Waals surface area contributed by atoms with Gasteiger partial charge in [0, 0.05) is 18.5 Å². The molecule has 11 heavy (non-hydrogen) atoms. The van der Waals surface area contributed by atoms with Crippen molar-refractivity contribution in [2.24, 2.45) is 0 Å². The van der Waals surface area contributed by atoms with Crippen LogP contribution >= 0.6 is 0 Å². The zero-order valence-electron chi connectivity index (χ0n) is 5.96. The van der Waals surface area contributed by atoms with Crippen molar-refractivity contribution in [1.82, 2.24) is 4.98 Å². The lowest BCUT2D eigenvalue weighted by molar-refractivity contribution is 0.0599. The Morgan fingerprint density at radius 1 is 1.64 bits per heavy atom. The first-order valence-electron chi connectivity index (χ1n) is 3.01. The highest BCUT2D eigenvalue weighted by molar-refractivity contribution is 5.88. The van der Waals surface area contributed by atoms with Crippen molar-refractivity contribution in [2.45, 2.75) is 0 Å². The molecule has 1 N–H and O–H groups in total. The van der Waals surface area contributed by atoms with E-state index in [4.69, 9.17) is 0 Å². The molecular formula is C7H7NO3. The fourth-order valence-corrected chi connectivity index (χ4v) is 0.686. The number of carbonyl (C=O) groups is 1. The number of aromatic nitrogens is 1. The summed E-state index contributed by atoms with van der Waals surface area (Å²) in [5.74, 6) is -0.619. The summed E-state index contributed by atoms with van der Waals surface area (Å²) >= 11 is 0. The number of methoxy groups -OCH3 is 1. The molecule has 0 aliphatic heterocycles. The van der Waals surface area contributed by atoms with Crippen LogP contribution in [0.15, 0.2) is 23.3 Å². The number of pyridine rings is 1. The third-order valence-electron chi connectivity index (χ3n) is 1.23. The van der Waals surface area contributed by atoms with Crippen LogP contribution in [-0.4, -0.2) is 18.1 Å². The molecule has 1 aromatic heterocycles. The van der Waals surface area contributed by atoms with Crippen LogP contribution in [0, 0.1) is 0 Å². The third kappa shape index (κ3) is 1.46. The predicted octanol–water partition coefficient (Wildman–Crippen LogP) is 0.161. The van der Waals surface area contributed by atoms with Gasteiger partial charge < -0.3 is 9.72 Å². The van der Waals surface area contributed by atoms with Crippen LogP contribution in [-0.2, 0) is 4.74 Å². The monoisotopic (exact) mass is 153 g/mol. The van der Waals surface area contributed by atoms with Gasteiger partial charge in [-0.2, -0.15) is 0 Å². The summed E-state index contributed by atoms with van der Waals surface area (Å²) in [6.07, 6.45) is 2.77. The van der Waals surface area contributed by atoms with Gasteiger partial charge in [-0.25, -0.2) is 4.79 Å². The minimum atomic E-state index is -0.619. The molecule has 0 aliphatic rings. The van der Waals surface area contributed by atoms with Crippen molar-refractivity contribution >= 4 is 5.97 Å². The molecule has 0 saturated carbocycles. The molecule has 1 aromatic rings. The molecule has 58 valence electrons. The molecule has 0 amide bonds. The van der Waals surface area contributed by atoms with Crippen molar-refractivity contribution in [3.05, 3.63) is 34.2 Å². The van der Waals surface area contributed by atoms with Gasteiger partial charge in [0.1, 0.15) is 5.56 Å². The fourth-order valence-electron chi connectivity index (χ4n) is 0.686. The van der Waals surface area contributed by atoms with Crippen molar-refractivity contribution < 1.29 is 9.53 Å². The molecule has 1 heterocycles. The summed E-state index contributed by atoms with van der Waals surface area (Å²) in [6.45, 7) is 0. The average molecular weight is 153 g/mol. The molecule has 4 nitrogen and oxygen atoms in total. The standard InChI is InChI=1S/C7H7NO3/c1-11-7(10)5-4-8-3-2-6(5)9/h2-4H,1H3,(H,8,9). The van der Waals surface area contributed by atoms with Crippen LogP contribution in [0.5, 0.6) is 0 Å². The van der Waals surface area contributed by atoms with Crippen LogP contribution < -0.4 is 5.43 Å². The number of H-pyrrole nitrogens is 1. The predicted molar refractivity (Wildman–Crippen MR) is 38.4 cm³/mol. The van der Waals surface area contributed by atoms with Crippen LogP contribution in [0.25, 0.3) is 0 Å². The molecule has 0 spiro atoms. The second-order valence-corrected chi connectivity index (χ2v) is 1.91. The summed E-state index contributed by atoms with van der Waals surface area (Å²) in [6, 6.07) is 1.27. The van der Waals surface area contributed by atoms with Gasteiger partial charge in [0.05, 0.1) is 7.11 Å². The van der Waals surface area contributed by atoms with E-state index in [1.807, 2.05) is 0 Å². The Labute approximate surface area is 62.8 Å². The number of ether oxygens (including phenoxy) is 1. The second kappa shape index (κ2) is 3.01. The van der Waals surface area contributed by atoms with Crippen LogP contribution in [0.3, 0.4) is 0 Å². The van der Waals surface area contributed by atoms with Crippen LogP contribution in [0.4, 0.5) is 0 Å². The Hall–Kier alpha value is -1.58. The van der Waals surface area contributed by atoms with E-state index in [2.05, 4.69) is 9.72 Å². The molecule has 0 atom stereocenters. The Morgan fingerprint density at radius 3 is 2.91 bits per heavy atom. The van der Waals surface area contributed by atoms with E-state index in [-0.39, 0.29) is 11.0 Å².